The Bertz CT molecular complexity index is 2120. The molecule has 0 saturated carbocycles. The number of rotatable bonds is 8. The molecule has 216 valence electrons. The molecule has 0 spiro atoms. The van der Waals surface area contributed by atoms with Gasteiger partial charge in [-0.05, 0) is 89.9 Å². The fraction of sp³-hybridized carbons (Fsp3) is 0.0233. The zero-order valence-corrected chi connectivity index (χ0v) is 25.3. The van der Waals surface area contributed by atoms with Crippen LogP contribution in [0, 0.1) is 0 Å². The average Bonchev–Trinajstić information content (AvgIpc) is 3.43. The number of hydrogen-bond donors (Lipinski definition) is 0. The van der Waals surface area contributed by atoms with Crippen LogP contribution in [0.5, 0.6) is 0 Å². The van der Waals surface area contributed by atoms with Crippen molar-refractivity contribution in [1.82, 2.24) is 4.57 Å². The Morgan fingerprint density at radius 2 is 1.11 bits per heavy atom. The fourth-order valence-electron chi connectivity index (χ4n) is 6.21. The van der Waals surface area contributed by atoms with Crippen LogP contribution in [0.1, 0.15) is 18.2 Å². The smallest absolute Gasteiger partial charge is 0.0541 e. The molecular formula is C43H34N2. The average molecular weight is 579 g/mol. The third-order valence-corrected chi connectivity index (χ3v) is 8.27. The first-order chi connectivity index (χ1) is 22.2. The number of hydrogen-bond acceptors (Lipinski definition) is 1. The van der Waals surface area contributed by atoms with Crippen molar-refractivity contribution >= 4 is 40.1 Å². The van der Waals surface area contributed by atoms with Crippen molar-refractivity contribution in [3.8, 4) is 27.9 Å². The standard InChI is InChI=1S/C43H34N2/c1-3-15-42-40(4-2)41-24-11-12-25-43(41)45(42)39-23-14-19-35(31-39)34-18-13-22-38(30-34)44(36-20-9-6-10-21-36)37-28-26-33(27-29-37)32-16-7-5-8-17-32/h3-31H,2H2,1H3/b15-3-. The third kappa shape index (κ3) is 5.39. The Morgan fingerprint density at radius 3 is 1.84 bits per heavy atom. The molecule has 2 nitrogen and oxygen atoms in total. The van der Waals surface area contributed by atoms with Gasteiger partial charge in [-0.1, -0.05) is 122 Å². The van der Waals surface area contributed by atoms with E-state index >= 15 is 0 Å². The molecule has 0 aliphatic carbocycles. The molecule has 6 aromatic carbocycles. The maximum Gasteiger partial charge on any atom is 0.0541 e. The van der Waals surface area contributed by atoms with Crippen molar-refractivity contribution in [2.45, 2.75) is 6.92 Å². The van der Waals surface area contributed by atoms with Crippen molar-refractivity contribution in [2.24, 2.45) is 0 Å². The number of para-hydroxylation sites is 2. The third-order valence-electron chi connectivity index (χ3n) is 8.27. The normalized spacial score (nSPS) is 11.2. The van der Waals surface area contributed by atoms with Crippen LogP contribution in [-0.4, -0.2) is 4.57 Å². The van der Waals surface area contributed by atoms with Gasteiger partial charge in [0.15, 0.2) is 0 Å². The van der Waals surface area contributed by atoms with Crippen LogP contribution in [0.4, 0.5) is 17.1 Å². The van der Waals surface area contributed by atoms with E-state index in [-0.39, 0.29) is 0 Å². The van der Waals surface area contributed by atoms with Crippen LogP contribution < -0.4 is 4.90 Å². The molecule has 0 fully saturated rings. The second kappa shape index (κ2) is 12.4. The Hall–Kier alpha value is -5.86. The van der Waals surface area contributed by atoms with Crippen LogP contribution in [-0.2, 0) is 0 Å². The first-order valence-electron chi connectivity index (χ1n) is 15.4. The summed E-state index contributed by atoms with van der Waals surface area (Å²) in [4.78, 5) is 2.32. The van der Waals surface area contributed by atoms with Gasteiger partial charge in [0.05, 0.1) is 11.2 Å². The predicted octanol–water partition coefficient (Wildman–Crippen LogP) is 12.1. The number of aromatic nitrogens is 1. The Morgan fingerprint density at radius 1 is 0.533 bits per heavy atom. The van der Waals surface area contributed by atoms with Gasteiger partial charge in [0, 0.05) is 33.7 Å². The molecule has 0 unspecified atom stereocenters. The lowest BCUT2D eigenvalue weighted by molar-refractivity contribution is 1.10. The summed E-state index contributed by atoms with van der Waals surface area (Å²) in [6.45, 7) is 6.20. The Balaban J connectivity index is 1.32. The highest BCUT2D eigenvalue weighted by Crippen LogP contribution is 2.38. The van der Waals surface area contributed by atoms with Crippen LogP contribution in [0.25, 0.3) is 51.0 Å². The first kappa shape index (κ1) is 27.9. The van der Waals surface area contributed by atoms with Gasteiger partial charge in [0.2, 0.25) is 0 Å². The SMILES string of the molecule is C=Cc1c(/C=C\C)n(-c2cccc(-c3cccc(N(c4ccccc4)c4ccc(-c5ccccc5)cc4)c3)c2)c2ccccc12. The van der Waals surface area contributed by atoms with Gasteiger partial charge in [0.1, 0.15) is 0 Å². The largest absolute Gasteiger partial charge is 0.310 e. The van der Waals surface area contributed by atoms with E-state index in [4.69, 9.17) is 0 Å². The summed E-state index contributed by atoms with van der Waals surface area (Å²) in [5.74, 6) is 0. The molecule has 0 radical (unpaired) electrons. The first-order valence-corrected chi connectivity index (χ1v) is 15.4. The fourth-order valence-corrected chi connectivity index (χ4v) is 6.21. The maximum atomic E-state index is 4.14. The number of fused-ring (bicyclic) bond motifs is 1. The molecule has 0 aliphatic rings. The lowest BCUT2D eigenvalue weighted by atomic mass is 10.0. The molecule has 0 amide bonds. The number of nitrogens with zero attached hydrogens (tertiary/aromatic N) is 2. The molecule has 0 aliphatic heterocycles. The summed E-state index contributed by atoms with van der Waals surface area (Å²) in [6.07, 6.45) is 6.23. The van der Waals surface area contributed by atoms with E-state index in [1.807, 2.05) is 6.08 Å². The van der Waals surface area contributed by atoms with Crippen molar-refractivity contribution in [2.75, 3.05) is 4.90 Å². The van der Waals surface area contributed by atoms with E-state index in [1.165, 1.54) is 22.0 Å². The van der Waals surface area contributed by atoms with Gasteiger partial charge in [-0.2, -0.15) is 0 Å². The summed E-state index contributed by atoms with van der Waals surface area (Å²) in [7, 11) is 0. The molecule has 1 heterocycles. The van der Waals surface area contributed by atoms with E-state index in [0.29, 0.717) is 0 Å². The van der Waals surface area contributed by atoms with Crippen molar-refractivity contribution < 1.29 is 0 Å². The number of allylic oxidation sites excluding steroid dienone is 1. The van der Waals surface area contributed by atoms with E-state index in [0.717, 1.165) is 45.1 Å². The number of benzene rings is 6. The van der Waals surface area contributed by atoms with Crippen LogP contribution in [0.15, 0.2) is 170 Å². The maximum absolute atomic E-state index is 4.14. The van der Waals surface area contributed by atoms with Gasteiger partial charge >= 0.3 is 0 Å². The van der Waals surface area contributed by atoms with Crippen molar-refractivity contribution in [1.29, 1.82) is 0 Å². The molecule has 7 aromatic rings. The second-order valence-electron chi connectivity index (χ2n) is 11.0. The highest BCUT2D eigenvalue weighted by Gasteiger charge is 2.16. The van der Waals surface area contributed by atoms with E-state index in [2.05, 4.69) is 193 Å². The Labute approximate surface area is 265 Å². The zero-order chi connectivity index (χ0) is 30.6. The van der Waals surface area contributed by atoms with Crippen LogP contribution >= 0.6 is 0 Å². The van der Waals surface area contributed by atoms with E-state index in [9.17, 15) is 0 Å². The quantitative estimate of drug-likeness (QED) is 0.174. The van der Waals surface area contributed by atoms with Crippen molar-refractivity contribution in [3.63, 3.8) is 0 Å². The lowest BCUT2D eigenvalue weighted by Crippen LogP contribution is -2.09. The molecule has 1 aromatic heterocycles. The van der Waals surface area contributed by atoms with E-state index in [1.54, 1.807) is 0 Å². The minimum absolute atomic E-state index is 1.10. The molecule has 7 rings (SSSR count). The van der Waals surface area contributed by atoms with Gasteiger partial charge < -0.3 is 9.47 Å². The summed E-state index contributed by atoms with van der Waals surface area (Å²) in [6, 6.07) is 56.1. The second-order valence-corrected chi connectivity index (χ2v) is 11.0. The summed E-state index contributed by atoms with van der Waals surface area (Å²) in [5, 5.41) is 1.20. The minimum atomic E-state index is 1.10. The monoisotopic (exact) mass is 578 g/mol. The van der Waals surface area contributed by atoms with Gasteiger partial charge in [-0.15, -0.1) is 0 Å². The minimum Gasteiger partial charge on any atom is -0.310 e. The molecule has 0 N–H and O–H groups in total. The highest BCUT2D eigenvalue weighted by atomic mass is 15.1. The molecule has 45 heavy (non-hydrogen) atoms. The molecule has 0 bridgehead atoms. The summed E-state index contributed by atoms with van der Waals surface area (Å²) >= 11 is 0. The topological polar surface area (TPSA) is 8.17 Å². The number of anilines is 3. The Kier molecular flexibility index (Phi) is 7.70. The van der Waals surface area contributed by atoms with E-state index < -0.39 is 0 Å². The van der Waals surface area contributed by atoms with Crippen LogP contribution in [0.3, 0.4) is 0 Å². The molecule has 2 heteroatoms. The summed E-state index contributed by atoms with van der Waals surface area (Å²) < 4.78 is 2.34. The lowest BCUT2D eigenvalue weighted by Gasteiger charge is -2.26. The predicted molar refractivity (Wildman–Crippen MR) is 194 cm³/mol. The summed E-state index contributed by atoms with van der Waals surface area (Å²) in [5.41, 5.74) is 12.6. The molecule has 0 atom stereocenters. The molecular weight excluding hydrogens is 544 g/mol. The van der Waals surface area contributed by atoms with Gasteiger partial charge in [-0.3, -0.25) is 0 Å². The van der Waals surface area contributed by atoms with Gasteiger partial charge in [0.25, 0.3) is 0 Å². The van der Waals surface area contributed by atoms with Gasteiger partial charge in [-0.25, -0.2) is 0 Å². The molecule has 0 saturated heterocycles. The van der Waals surface area contributed by atoms with Crippen LogP contribution in [0.2, 0.25) is 0 Å². The van der Waals surface area contributed by atoms with Crippen molar-refractivity contribution in [3.05, 3.63) is 182 Å². The highest BCUT2D eigenvalue weighted by molar-refractivity contribution is 5.95. The zero-order valence-electron chi connectivity index (χ0n) is 25.3.